The zero-order valence-corrected chi connectivity index (χ0v) is 18.0. The summed E-state index contributed by atoms with van der Waals surface area (Å²) in [5, 5.41) is 8.88. The maximum atomic E-state index is 12.5. The number of aromatic nitrogens is 2. The molecule has 0 fully saturated rings. The number of halogens is 2. The van der Waals surface area contributed by atoms with Gasteiger partial charge < -0.3 is 11.1 Å². The minimum Gasteiger partial charge on any atom is -0.349 e. The van der Waals surface area contributed by atoms with E-state index in [0.29, 0.717) is 15.7 Å². The van der Waals surface area contributed by atoms with Crippen LogP contribution in [0.5, 0.6) is 0 Å². The molecule has 4 rings (SSSR count). The van der Waals surface area contributed by atoms with Crippen molar-refractivity contribution in [1.29, 1.82) is 0 Å². The molecule has 0 aliphatic rings. The molecular weight excluding hydrogens is 431 g/mol. The average Bonchev–Trinajstić information content (AvgIpc) is 3.23. The Labute approximate surface area is 190 Å². The molecule has 3 N–H and O–H groups in total. The third kappa shape index (κ3) is 4.97. The van der Waals surface area contributed by atoms with E-state index >= 15 is 0 Å². The topological polar surface area (TPSA) is 72.9 Å². The maximum absolute atomic E-state index is 12.5. The molecule has 0 spiro atoms. The van der Waals surface area contributed by atoms with Gasteiger partial charge in [0.1, 0.15) is 6.04 Å². The van der Waals surface area contributed by atoms with E-state index in [0.717, 1.165) is 22.5 Å². The Hall–Kier alpha value is -3.12. The minimum atomic E-state index is -0.740. The molecule has 1 heterocycles. The van der Waals surface area contributed by atoms with Gasteiger partial charge in [-0.25, -0.2) is 4.68 Å². The van der Waals surface area contributed by atoms with Crippen molar-refractivity contribution < 1.29 is 4.79 Å². The third-order valence-corrected chi connectivity index (χ3v) is 5.36. The Balaban J connectivity index is 1.59. The molecule has 0 aliphatic carbocycles. The van der Waals surface area contributed by atoms with E-state index in [1.165, 1.54) is 0 Å². The molecular formula is C24H20Cl2N4O. The Morgan fingerprint density at radius 1 is 0.935 bits per heavy atom. The molecule has 1 aromatic heterocycles. The number of nitrogens with zero attached hydrogens (tertiary/aromatic N) is 2. The van der Waals surface area contributed by atoms with Gasteiger partial charge in [0.25, 0.3) is 0 Å². The largest absolute Gasteiger partial charge is 0.349 e. The second-order valence-corrected chi connectivity index (χ2v) is 7.90. The van der Waals surface area contributed by atoms with Crippen molar-refractivity contribution in [2.45, 2.75) is 12.6 Å². The fourth-order valence-electron chi connectivity index (χ4n) is 3.22. The van der Waals surface area contributed by atoms with Crippen LogP contribution in [0, 0.1) is 0 Å². The number of rotatable bonds is 6. The fourth-order valence-corrected chi connectivity index (χ4v) is 3.47. The second-order valence-electron chi connectivity index (χ2n) is 7.02. The van der Waals surface area contributed by atoms with Crippen molar-refractivity contribution in [2.24, 2.45) is 5.73 Å². The number of amides is 1. The van der Waals surface area contributed by atoms with Crippen LogP contribution in [-0.4, -0.2) is 15.7 Å². The van der Waals surface area contributed by atoms with E-state index in [2.05, 4.69) is 5.32 Å². The summed E-state index contributed by atoms with van der Waals surface area (Å²) in [6.45, 7) is 0.251. The Kier molecular flexibility index (Phi) is 6.37. The van der Waals surface area contributed by atoms with Gasteiger partial charge in [-0.05, 0) is 48.0 Å². The molecule has 0 saturated heterocycles. The average molecular weight is 451 g/mol. The molecule has 31 heavy (non-hydrogen) atoms. The van der Waals surface area contributed by atoms with Crippen molar-refractivity contribution in [2.75, 3.05) is 0 Å². The SMILES string of the molecule is N[C@H](C(=O)NCc1cc(-c2ccc(Cl)cc2)n(-c2ccc(Cl)cc2)n1)c1ccccc1. The first-order chi connectivity index (χ1) is 15.0. The Bertz CT molecular complexity index is 1110. The van der Waals surface area contributed by atoms with Crippen LogP contribution in [0.25, 0.3) is 16.9 Å². The number of nitrogens with one attached hydrogen (secondary N) is 1. The lowest BCUT2D eigenvalue weighted by molar-refractivity contribution is -0.122. The predicted molar refractivity (Wildman–Crippen MR) is 124 cm³/mol. The van der Waals surface area contributed by atoms with Crippen LogP contribution >= 0.6 is 23.2 Å². The van der Waals surface area contributed by atoms with Gasteiger partial charge in [0.05, 0.1) is 23.6 Å². The number of hydrogen-bond acceptors (Lipinski definition) is 3. The number of hydrogen-bond donors (Lipinski definition) is 2. The van der Waals surface area contributed by atoms with Crippen molar-refractivity contribution in [3.8, 4) is 16.9 Å². The van der Waals surface area contributed by atoms with Gasteiger partial charge in [0, 0.05) is 15.6 Å². The van der Waals surface area contributed by atoms with E-state index in [9.17, 15) is 4.79 Å². The molecule has 0 radical (unpaired) electrons. The van der Waals surface area contributed by atoms with Crippen molar-refractivity contribution >= 4 is 29.1 Å². The monoisotopic (exact) mass is 450 g/mol. The summed E-state index contributed by atoms with van der Waals surface area (Å²) in [5.41, 5.74) is 10.2. The zero-order chi connectivity index (χ0) is 21.8. The molecule has 0 bridgehead atoms. The lowest BCUT2D eigenvalue weighted by Gasteiger charge is -2.11. The van der Waals surface area contributed by atoms with Crippen LogP contribution in [0.1, 0.15) is 17.3 Å². The van der Waals surface area contributed by atoms with E-state index < -0.39 is 6.04 Å². The molecule has 5 nitrogen and oxygen atoms in total. The normalized spacial score (nSPS) is 11.8. The van der Waals surface area contributed by atoms with Gasteiger partial charge in [-0.1, -0.05) is 65.7 Å². The number of carbonyl (C=O) groups is 1. The smallest absolute Gasteiger partial charge is 0.241 e. The van der Waals surface area contributed by atoms with E-state index in [1.54, 1.807) is 0 Å². The quantitative estimate of drug-likeness (QED) is 0.425. The van der Waals surface area contributed by atoms with Gasteiger partial charge in [-0.15, -0.1) is 0 Å². The van der Waals surface area contributed by atoms with Gasteiger partial charge in [-0.3, -0.25) is 4.79 Å². The highest BCUT2D eigenvalue weighted by Crippen LogP contribution is 2.26. The van der Waals surface area contributed by atoms with Gasteiger partial charge in [0.2, 0.25) is 5.91 Å². The van der Waals surface area contributed by atoms with Crippen molar-refractivity contribution in [1.82, 2.24) is 15.1 Å². The first-order valence-corrected chi connectivity index (χ1v) is 10.5. The van der Waals surface area contributed by atoms with Crippen LogP contribution in [0.3, 0.4) is 0 Å². The molecule has 1 atom stereocenters. The molecule has 3 aromatic carbocycles. The molecule has 4 aromatic rings. The van der Waals surface area contributed by atoms with Crippen LogP contribution < -0.4 is 11.1 Å². The number of carbonyl (C=O) groups excluding carboxylic acids is 1. The Morgan fingerprint density at radius 3 is 2.19 bits per heavy atom. The highest BCUT2D eigenvalue weighted by Gasteiger charge is 2.17. The van der Waals surface area contributed by atoms with Crippen molar-refractivity contribution in [3.05, 3.63) is 106 Å². The molecule has 7 heteroatoms. The van der Waals surface area contributed by atoms with Crippen molar-refractivity contribution in [3.63, 3.8) is 0 Å². The van der Waals surface area contributed by atoms with Crippen LogP contribution in [0.4, 0.5) is 0 Å². The van der Waals surface area contributed by atoms with Crippen LogP contribution in [0.2, 0.25) is 10.0 Å². The lowest BCUT2D eigenvalue weighted by Crippen LogP contribution is -2.33. The predicted octanol–water partition coefficient (Wildman–Crippen LogP) is 5.16. The summed E-state index contributed by atoms with van der Waals surface area (Å²) in [4.78, 5) is 12.5. The molecule has 0 aliphatic heterocycles. The van der Waals surface area contributed by atoms with E-state index in [-0.39, 0.29) is 12.5 Å². The van der Waals surface area contributed by atoms with Crippen LogP contribution in [0.15, 0.2) is 84.9 Å². The summed E-state index contributed by atoms with van der Waals surface area (Å²) < 4.78 is 1.82. The lowest BCUT2D eigenvalue weighted by atomic mass is 10.1. The highest BCUT2D eigenvalue weighted by molar-refractivity contribution is 6.30. The Morgan fingerprint density at radius 2 is 1.55 bits per heavy atom. The summed E-state index contributed by atoms with van der Waals surface area (Å²) >= 11 is 12.1. The maximum Gasteiger partial charge on any atom is 0.241 e. The van der Waals surface area contributed by atoms with Gasteiger partial charge in [0.15, 0.2) is 0 Å². The molecule has 1 amide bonds. The van der Waals surface area contributed by atoms with Crippen LogP contribution in [-0.2, 0) is 11.3 Å². The van der Waals surface area contributed by atoms with Gasteiger partial charge in [-0.2, -0.15) is 5.10 Å². The number of nitrogens with two attached hydrogens (primary N) is 1. The molecule has 0 unspecified atom stereocenters. The second kappa shape index (κ2) is 9.35. The molecule has 156 valence electrons. The number of benzene rings is 3. The first kappa shape index (κ1) is 21.1. The fraction of sp³-hybridized carbons (Fsp3) is 0.0833. The first-order valence-electron chi connectivity index (χ1n) is 9.70. The summed E-state index contributed by atoms with van der Waals surface area (Å²) in [6, 6.07) is 25.4. The minimum absolute atomic E-state index is 0.251. The standard InChI is InChI=1S/C24H20Cl2N4O/c25-18-8-6-16(7-9-18)22-14-20(29-30(22)21-12-10-19(26)11-13-21)15-28-24(31)23(27)17-4-2-1-3-5-17/h1-14,23H,15,27H2,(H,28,31)/t23-/m0/s1. The summed E-state index contributed by atoms with van der Waals surface area (Å²) in [7, 11) is 0. The van der Waals surface area contributed by atoms with E-state index in [4.69, 9.17) is 34.0 Å². The van der Waals surface area contributed by atoms with Gasteiger partial charge >= 0.3 is 0 Å². The zero-order valence-electron chi connectivity index (χ0n) is 16.5. The third-order valence-electron chi connectivity index (χ3n) is 4.86. The molecule has 0 saturated carbocycles. The summed E-state index contributed by atoms with van der Waals surface area (Å²) in [5.74, 6) is -0.264. The van der Waals surface area contributed by atoms with E-state index in [1.807, 2.05) is 89.6 Å². The summed E-state index contributed by atoms with van der Waals surface area (Å²) in [6.07, 6.45) is 0. The highest BCUT2D eigenvalue weighted by atomic mass is 35.5.